The molecular weight excluding hydrogens is 298 g/mol. The molecule has 0 spiro atoms. The lowest BCUT2D eigenvalue weighted by molar-refractivity contribution is -0.136. The van der Waals surface area contributed by atoms with Crippen LogP contribution in [0.25, 0.3) is 11.1 Å². The molecule has 1 heterocycles. The van der Waals surface area contributed by atoms with Crippen LogP contribution in [-0.2, 0) is 9.59 Å². The van der Waals surface area contributed by atoms with E-state index in [1.165, 1.54) is 4.90 Å². The number of esters is 1. The van der Waals surface area contributed by atoms with Crippen LogP contribution in [0, 0.1) is 0 Å². The summed E-state index contributed by atoms with van der Waals surface area (Å²) < 4.78 is 5.34. The summed E-state index contributed by atoms with van der Waals surface area (Å²) in [6.45, 7) is -0.386. The van der Waals surface area contributed by atoms with Gasteiger partial charge in [-0.1, -0.05) is 36.4 Å². The first-order valence-electron chi connectivity index (χ1n) is 6.94. The third-order valence-corrected chi connectivity index (χ3v) is 3.55. The molecule has 0 saturated heterocycles. The van der Waals surface area contributed by atoms with Crippen LogP contribution in [-0.4, -0.2) is 36.4 Å². The van der Waals surface area contributed by atoms with Gasteiger partial charge < -0.3 is 14.7 Å². The van der Waals surface area contributed by atoms with Crippen LogP contribution in [0.1, 0.15) is 10.4 Å². The number of aliphatic carboxylic acids is 1. The fourth-order valence-electron chi connectivity index (χ4n) is 2.54. The van der Waals surface area contributed by atoms with Crippen molar-refractivity contribution in [2.45, 2.75) is 0 Å². The molecule has 2 aromatic rings. The Labute approximate surface area is 131 Å². The highest BCUT2D eigenvalue weighted by atomic mass is 16.5. The third-order valence-electron chi connectivity index (χ3n) is 3.55. The van der Waals surface area contributed by atoms with Gasteiger partial charge in [0.25, 0.3) is 0 Å². The van der Waals surface area contributed by atoms with Crippen molar-refractivity contribution >= 4 is 23.9 Å². The number of carboxylic acid groups (broad SMARTS) is 1. The van der Waals surface area contributed by atoms with Gasteiger partial charge in [0.1, 0.15) is 19.4 Å². The van der Waals surface area contributed by atoms with Gasteiger partial charge in [-0.15, -0.1) is 0 Å². The van der Waals surface area contributed by atoms with Crippen LogP contribution in [0.3, 0.4) is 0 Å². The molecule has 0 aliphatic carbocycles. The second-order valence-electron chi connectivity index (χ2n) is 5.12. The van der Waals surface area contributed by atoms with Crippen molar-refractivity contribution in [3.05, 3.63) is 48.0 Å². The lowest BCUT2D eigenvalue weighted by Gasteiger charge is -2.29. The molecule has 6 heteroatoms. The maximum Gasteiger partial charge on any atom is 0.331 e. The molecule has 0 fully saturated rings. The summed E-state index contributed by atoms with van der Waals surface area (Å²) in [4.78, 5) is 35.0. The van der Waals surface area contributed by atoms with Crippen molar-refractivity contribution in [2.75, 3.05) is 18.0 Å². The number of anilines is 1. The standard InChI is InChI=1S/C17H13NO5/c19-10-11-4-6-12(7-5-11)13-2-1-3-14-17(13)23-16(22)9-18(14)8-15(20)21/h1-7,10H,8-9H2,(H,20,21). The van der Waals surface area contributed by atoms with E-state index in [1.54, 1.807) is 42.5 Å². The number of carboxylic acids is 1. The number of rotatable bonds is 4. The lowest BCUT2D eigenvalue weighted by atomic mass is 10.0. The van der Waals surface area contributed by atoms with E-state index in [1.807, 2.05) is 0 Å². The Balaban J connectivity index is 2.07. The van der Waals surface area contributed by atoms with Gasteiger partial charge in [-0.2, -0.15) is 0 Å². The van der Waals surface area contributed by atoms with Crippen LogP contribution in [0.4, 0.5) is 5.69 Å². The van der Waals surface area contributed by atoms with E-state index in [-0.39, 0.29) is 13.1 Å². The molecule has 1 aliphatic rings. The summed E-state index contributed by atoms with van der Waals surface area (Å²) in [7, 11) is 0. The normalized spacial score (nSPS) is 13.2. The van der Waals surface area contributed by atoms with Gasteiger partial charge in [0.2, 0.25) is 0 Å². The zero-order valence-electron chi connectivity index (χ0n) is 12.1. The minimum atomic E-state index is -1.02. The van der Waals surface area contributed by atoms with Gasteiger partial charge in [-0.05, 0) is 11.6 Å². The summed E-state index contributed by atoms with van der Waals surface area (Å²) in [5, 5.41) is 8.99. The number of benzene rings is 2. The molecule has 0 aromatic heterocycles. The van der Waals surface area contributed by atoms with E-state index in [9.17, 15) is 14.4 Å². The predicted molar refractivity (Wildman–Crippen MR) is 82.7 cm³/mol. The van der Waals surface area contributed by atoms with Crippen molar-refractivity contribution in [3.63, 3.8) is 0 Å². The van der Waals surface area contributed by atoms with E-state index < -0.39 is 11.9 Å². The lowest BCUT2D eigenvalue weighted by Crippen LogP contribution is -2.40. The van der Waals surface area contributed by atoms with E-state index in [0.717, 1.165) is 11.8 Å². The molecule has 0 atom stereocenters. The molecule has 23 heavy (non-hydrogen) atoms. The van der Waals surface area contributed by atoms with Crippen LogP contribution in [0.5, 0.6) is 5.75 Å². The zero-order valence-corrected chi connectivity index (χ0v) is 12.1. The number of carbonyl (C=O) groups is 3. The van der Waals surface area contributed by atoms with E-state index in [4.69, 9.17) is 9.84 Å². The molecular formula is C17H13NO5. The summed E-state index contributed by atoms with van der Waals surface area (Å²) in [5.74, 6) is -1.19. The van der Waals surface area contributed by atoms with Crippen molar-refractivity contribution in [3.8, 4) is 16.9 Å². The van der Waals surface area contributed by atoms with Crippen molar-refractivity contribution in [1.82, 2.24) is 0 Å². The molecule has 0 bridgehead atoms. The van der Waals surface area contributed by atoms with Crippen LogP contribution in [0.15, 0.2) is 42.5 Å². The molecule has 0 unspecified atom stereocenters. The van der Waals surface area contributed by atoms with Crippen LogP contribution < -0.4 is 9.64 Å². The molecule has 0 radical (unpaired) electrons. The monoisotopic (exact) mass is 311 g/mol. The minimum Gasteiger partial charge on any atom is -0.480 e. The molecule has 0 saturated carbocycles. The van der Waals surface area contributed by atoms with Gasteiger partial charge in [0.15, 0.2) is 5.75 Å². The Hall–Kier alpha value is -3.15. The van der Waals surface area contributed by atoms with Crippen LogP contribution >= 0.6 is 0 Å². The summed E-state index contributed by atoms with van der Waals surface area (Å²) in [5.41, 5.74) is 2.55. The topological polar surface area (TPSA) is 83.9 Å². The molecule has 1 aliphatic heterocycles. The Morgan fingerprint density at radius 1 is 1.22 bits per heavy atom. The van der Waals surface area contributed by atoms with Gasteiger partial charge in [0.05, 0.1) is 5.69 Å². The Morgan fingerprint density at radius 3 is 2.61 bits per heavy atom. The molecule has 6 nitrogen and oxygen atoms in total. The Bertz CT molecular complexity index is 782. The fourth-order valence-corrected chi connectivity index (χ4v) is 2.54. The maximum atomic E-state index is 11.8. The Morgan fingerprint density at radius 2 is 1.96 bits per heavy atom. The molecule has 1 N–H and O–H groups in total. The number of para-hydroxylation sites is 1. The van der Waals surface area contributed by atoms with E-state index in [0.29, 0.717) is 22.6 Å². The summed E-state index contributed by atoms with van der Waals surface area (Å²) in [6, 6.07) is 12.1. The predicted octanol–water partition coefficient (Wildman–Crippen LogP) is 1.98. The number of carbonyl (C=O) groups excluding carboxylic acids is 2. The smallest absolute Gasteiger partial charge is 0.331 e. The highest BCUT2D eigenvalue weighted by molar-refractivity contribution is 5.92. The Kier molecular flexibility index (Phi) is 3.80. The second kappa shape index (κ2) is 5.92. The number of ether oxygens (including phenoxy) is 1. The third kappa shape index (κ3) is 2.91. The zero-order chi connectivity index (χ0) is 16.4. The van der Waals surface area contributed by atoms with Gasteiger partial charge in [-0.3, -0.25) is 9.59 Å². The largest absolute Gasteiger partial charge is 0.480 e. The number of hydrogen-bond acceptors (Lipinski definition) is 5. The SMILES string of the molecule is O=Cc1ccc(-c2cccc3c2OC(=O)CN3CC(=O)O)cc1. The van der Waals surface area contributed by atoms with Gasteiger partial charge in [-0.25, -0.2) is 4.79 Å². The molecule has 2 aromatic carbocycles. The molecule has 0 amide bonds. The second-order valence-corrected chi connectivity index (χ2v) is 5.12. The van der Waals surface area contributed by atoms with E-state index >= 15 is 0 Å². The highest BCUT2D eigenvalue weighted by Crippen LogP contribution is 2.40. The van der Waals surface area contributed by atoms with Gasteiger partial charge >= 0.3 is 11.9 Å². The first-order valence-corrected chi connectivity index (χ1v) is 6.94. The first-order chi connectivity index (χ1) is 11.1. The van der Waals surface area contributed by atoms with Crippen molar-refractivity contribution in [1.29, 1.82) is 0 Å². The number of nitrogens with zero attached hydrogens (tertiary/aromatic N) is 1. The fraction of sp³-hybridized carbons (Fsp3) is 0.118. The van der Waals surface area contributed by atoms with Crippen molar-refractivity contribution < 1.29 is 24.2 Å². The maximum absolute atomic E-state index is 11.8. The quantitative estimate of drug-likeness (QED) is 0.528. The average Bonchev–Trinajstić information content (AvgIpc) is 2.54. The number of aldehydes is 1. The van der Waals surface area contributed by atoms with Crippen LogP contribution in [0.2, 0.25) is 0 Å². The molecule has 3 rings (SSSR count). The minimum absolute atomic E-state index is 0.104. The van der Waals surface area contributed by atoms with E-state index in [2.05, 4.69) is 0 Å². The first kappa shape index (κ1) is 14.8. The number of fused-ring (bicyclic) bond motifs is 1. The number of hydrogen-bond donors (Lipinski definition) is 1. The average molecular weight is 311 g/mol. The summed E-state index contributed by atoms with van der Waals surface area (Å²) >= 11 is 0. The summed E-state index contributed by atoms with van der Waals surface area (Å²) in [6.07, 6.45) is 0.749. The van der Waals surface area contributed by atoms with Gasteiger partial charge in [0, 0.05) is 11.1 Å². The highest BCUT2D eigenvalue weighted by Gasteiger charge is 2.27. The van der Waals surface area contributed by atoms with Crippen molar-refractivity contribution in [2.24, 2.45) is 0 Å². The molecule has 116 valence electrons.